The van der Waals surface area contributed by atoms with Gasteiger partial charge in [0, 0.05) is 38.4 Å². The van der Waals surface area contributed by atoms with E-state index in [0.29, 0.717) is 51.0 Å². The number of hydrogen-bond donors (Lipinski definition) is 6. The number of aromatic nitrogens is 4. The Morgan fingerprint density at radius 1 is 0.862 bits per heavy atom. The monoisotopic (exact) mass is 808 g/mol. The fourth-order valence-electron chi connectivity index (χ4n) is 6.58. The first kappa shape index (κ1) is 45.3. The van der Waals surface area contributed by atoms with Crippen LogP contribution < -0.4 is 26.6 Å². The van der Waals surface area contributed by atoms with E-state index in [1.807, 2.05) is 31.2 Å². The van der Waals surface area contributed by atoms with Crippen LogP contribution in [-0.2, 0) is 52.9 Å². The quantitative estimate of drug-likeness (QED) is 0.0698. The fraction of sp³-hybridized carbons (Fsp3) is 0.650. The highest BCUT2D eigenvalue weighted by molar-refractivity contribution is 6.38. The Morgan fingerprint density at radius 2 is 1.55 bits per heavy atom. The molecule has 1 fully saturated rings. The largest absolute Gasteiger partial charge is 0.444 e. The van der Waals surface area contributed by atoms with Crippen molar-refractivity contribution in [2.24, 2.45) is 11.8 Å². The number of tetrazole rings is 1. The predicted octanol–water partition coefficient (Wildman–Crippen LogP) is 1.79. The average Bonchev–Trinajstić information content (AvgIpc) is 3.86. The first-order chi connectivity index (χ1) is 27.7. The van der Waals surface area contributed by atoms with E-state index in [0.717, 1.165) is 24.0 Å². The van der Waals surface area contributed by atoms with Crippen LogP contribution in [-0.4, -0.2) is 110 Å². The topological polar surface area (TPSA) is 247 Å². The third-order valence-electron chi connectivity index (χ3n) is 10.2. The molecule has 2 heterocycles. The van der Waals surface area contributed by atoms with E-state index < -0.39 is 59.7 Å². The highest BCUT2D eigenvalue weighted by atomic mass is 16.6. The summed E-state index contributed by atoms with van der Waals surface area (Å²) >= 11 is 0. The first-order valence-electron chi connectivity index (χ1n) is 20.5. The van der Waals surface area contributed by atoms with Crippen molar-refractivity contribution in [3.63, 3.8) is 0 Å². The number of nitrogens with one attached hydrogen (secondary N) is 6. The number of aryl methyl sites for hydroxylation is 1. The molecular weight excluding hydrogens is 749 g/mol. The smallest absolute Gasteiger partial charge is 0.410 e. The number of fused-ring (bicyclic) bond motifs is 1. The van der Waals surface area contributed by atoms with E-state index >= 15 is 0 Å². The molecule has 0 radical (unpaired) electrons. The fourth-order valence-corrected chi connectivity index (χ4v) is 6.58. The van der Waals surface area contributed by atoms with Gasteiger partial charge in [-0.05, 0) is 78.3 Å². The number of carbonyl (C=O) groups is 7. The molecule has 4 rings (SSSR count). The maximum atomic E-state index is 13.7. The van der Waals surface area contributed by atoms with Crippen molar-refractivity contribution in [2.75, 3.05) is 13.1 Å². The molecule has 0 saturated heterocycles. The van der Waals surface area contributed by atoms with Crippen molar-refractivity contribution in [3.8, 4) is 0 Å². The standard InChI is InChI=1S/C40H60N10O8/c1-6-11-30(36(53)39(56)42-28-16-17-28)43-33(52)19-18-29(58-40(57)50-21-20-26-12-7-8-13-27(26)23-50)22-41-37(54)34(24(2)3)45-38(55)35(25(4)5)44-32(51)15-10-9-14-31-46-48-49-47-31/h7-8,12-13,24-25,28-30,34-35H,6,9-11,14-23H2,1-5H3,(H,41,54)(H,42,56)(H,43,52)(H,44,51)(H,45,55)(H,46,47,48,49)/t29-,30?,34+,35+/m1/s1. The lowest BCUT2D eigenvalue weighted by molar-refractivity contribution is -0.140. The van der Waals surface area contributed by atoms with Crippen LogP contribution in [0.4, 0.5) is 4.79 Å². The Bertz CT molecular complexity index is 1710. The van der Waals surface area contributed by atoms with Crippen LogP contribution in [0.15, 0.2) is 24.3 Å². The minimum absolute atomic E-state index is 0.000956. The average molecular weight is 809 g/mol. The summed E-state index contributed by atoms with van der Waals surface area (Å²) in [5, 5.41) is 27.3. The summed E-state index contributed by atoms with van der Waals surface area (Å²) < 4.78 is 5.91. The summed E-state index contributed by atoms with van der Waals surface area (Å²) in [4.78, 5) is 93.5. The van der Waals surface area contributed by atoms with Crippen molar-refractivity contribution >= 4 is 41.4 Å². The van der Waals surface area contributed by atoms with E-state index in [1.54, 1.807) is 32.6 Å². The van der Waals surface area contributed by atoms with Gasteiger partial charge in [-0.15, -0.1) is 5.10 Å². The Labute approximate surface area is 339 Å². The lowest BCUT2D eigenvalue weighted by Crippen LogP contribution is -2.57. The molecule has 1 unspecified atom stereocenters. The second-order valence-electron chi connectivity index (χ2n) is 15.8. The second-order valence-corrected chi connectivity index (χ2v) is 15.8. The van der Waals surface area contributed by atoms with Crippen molar-refractivity contribution in [1.29, 1.82) is 0 Å². The summed E-state index contributed by atoms with van der Waals surface area (Å²) in [6, 6.07) is 4.92. The van der Waals surface area contributed by atoms with Crippen molar-refractivity contribution in [1.82, 2.24) is 52.1 Å². The van der Waals surface area contributed by atoms with Crippen LogP contribution in [0, 0.1) is 11.8 Å². The summed E-state index contributed by atoms with van der Waals surface area (Å²) in [7, 11) is 0. The molecule has 6 amide bonds. The van der Waals surface area contributed by atoms with Gasteiger partial charge < -0.3 is 36.2 Å². The highest BCUT2D eigenvalue weighted by Gasteiger charge is 2.33. The molecule has 1 aromatic carbocycles. The van der Waals surface area contributed by atoms with Crippen LogP contribution in [0.3, 0.4) is 0 Å². The van der Waals surface area contributed by atoms with Gasteiger partial charge in [0.2, 0.25) is 29.4 Å². The number of rotatable bonds is 23. The van der Waals surface area contributed by atoms with Gasteiger partial charge >= 0.3 is 6.09 Å². The molecule has 18 nitrogen and oxygen atoms in total. The minimum atomic E-state index is -0.998. The van der Waals surface area contributed by atoms with Crippen LogP contribution in [0.2, 0.25) is 0 Å². The Kier molecular flexibility index (Phi) is 17.6. The molecule has 1 aromatic heterocycles. The van der Waals surface area contributed by atoms with Crippen molar-refractivity contribution in [2.45, 2.75) is 142 Å². The number of hydrogen-bond acceptors (Lipinski definition) is 11. The molecule has 0 spiro atoms. The number of benzene rings is 1. The number of nitrogens with zero attached hydrogens (tertiary/aromatic N) is 4. The molecule has 1 aliphatic heterocycles. The molecule has 2 aliphatic rings. The summed E-state index contributed by atoms with van der Waals surface area (Å²) in [5.41, 5.74) is 2.14. The number of unbranched alkanes of at least 4 members (excludes halogenated alkanes) is 1. The van der Waals surface area contributed by atoms with Crippen molar-refractivity contribution in [3.05, 3.63) is 41.2 Å². The van der Waals surface area contributed by atoms with Crippen molar-refractivity contribution < 1.29 is 38.3 Å². The molecular formula is C40H60N10O8. The van der Waals surface area contributed by atoms with Gasteiger partial charge in [-0.1, -0.05) is 65.3 Å². The molecule has 1 saturated carbocycles. The van der Waals surface area contributed by atoms with Gasteiger partial charge in [0.25, 0.3) is 5.91 Å². The van der Waals surface area contributed by atoms with Gasteiger partial charge in [-0.3, -0.25) is 28.8 Å². The van der Waals surface area contributed by atoms with E-state index in [4.69, 9.17) is 4.74 Å². The number of ketones is 1. The van der Waals surface area contributed by atoms with Gasteiger partial charge in [-0.2, -0.15) is 0 Å². The van der Waals surface area contributed by atoms with E-state index in [1.165, 1.54) is 0 Å². The van der Waals surface area contributed by atoms with Gasteiger partial charge in [0.05, 0.1) is 12.6 Å². The Morgan fingerprint density at radius 3 is 2.21 bits per heavy atom. The Hall–Kier alpha value is -5.42. The number of Topliss-reactive ketones (excluding diaryl/α,β-unsaturated/α-hetero) is 1. The van der Waals surface area contributed by atoms with Crippen LogP contribution in [0.5, 0.6) is 0 Å². The number of carbonyl (C=O) groups excluding carboxylic acids is 7. The Balaban J connectivity index is 1.36. The van der Waals surface area contributed by atoms with Crippen LogP contribution >= 0.6 is 0 Å². The summed E-state index contributed by atoms with van der Waals surface area (Å²) in [6.45, 7) is 9.58. The molecule has 4 atom stereocenters. The number of H-pyrrole nitrogens is 1. The normalized spacial score (nSPS) is 15.7. The molecule has 6 N–H and O–H groups in total. The molecule has 2 aromatic rings. The molecule has 18 heteroatoms. The maximum absolute atomic E-state index is 13.7. The zero-order valence-corrected chi connectivity index (χ0v) is 34.3. The van der Waals surface area contributed by atoms with Crippen LogP contribution in [0.1, 0.15) is 109 Å². The molecule has 1 aliphatic carbocycles. The highest BCUT2D eigenvalue weighted by Crippen LogP contribution is 2.21. The van der Waals surface area contributed by atoms with E-state index in [-0.39, 0.29) is 56.0 Å². The third-order valence-corrected chi connectivity index (χ3v) is 10.2. The van der Waals surface area contributed by atoms with Crippen LogP contribution in [0.25, 0.3) is 0 Å². The SMILES string of the molecule is CCCC(NC(=O)CC[C@H](CNC(=O)[C@@H](NC(=O)[C@@H](NC(=O)CCCCc1nnn[nH]1)C(C)C)C(C)C)OC(=O)N1CCc2ccccc2C1)C(=O)C(=O)NC1CC1. The number of amides is 6. The van der Waals surface area contributed by atoms with Gasteiger partial charge in [-0.25, -0.2) is 9.89 Å². The minimum Gasteiger partial charge on any atom is -0.444 e. The second kappa shape index (κ2) is 22.5. The first-order valence-corrected chi connectivity index (χ1v) is 20.5. The summed E-state index contributed by atoms with van der Waals surface area (Å²) in [6.07, 6.45) is 3.39. The molecule has 318 valence electrons. The summed E-state index contributed by atoms with van der Waals surface area (Å²) in [5.74, 6) is -3.30. The zero-order chi connectivity index (χ0) is 42.2. The van der Waals surface area contributed by atoms with E-state index in [9.17, 15) is 33.6 Å². The number of aromatic amines is 1. The molecule has 0 bridgehead atoms. The lowest BCUT2D eigenvalue weighted by atomic mass is 9.99. The lowest BCUT2D eigenvalue weighted by Gasteiger charge is -2.30. The maximum Gasteiger partial charge on any atom is 0.410 e. The third kappa shape index (κ3) is 14.5. The molecule has 58 heavy (non-hydrogen) atoms. The van der Waals surface area contributed by atoms with Gasteiger partial charge in [0.1, 0.15) is 24.0 Å². The zero-order valence-electron chi connectivity index (χ0n) is 34.3. The predicted molar refractivity (Wildman–Crippen MR) is 211 cm³/mol. The number of ether oxygens (including phenoxy) is 1. The van der Waals surface area contributed by atoms with E-state index in [2.05, 4.69) is 47.2 Å². The van der Waals surface area contributed by atoms with Gasteiger partial charge in [0.15, 0.2) is 0 Å².